The fourth-order valence-electron chi connectivity index (χ4n) is 2.83. The Morgan fingerprint density at radius 3 is 2.57 bits per heavy atom. The summed E-state index contributed by atoms with van der Waals surface area (Å²) in [5.41, 5.74) is 2.06. The van der Waals surface area contributed by atoms with Gasteiger partial charge < -0.3 is 10.2 Å². The number of carbonyl (C=O) groups is 1. The van der Waals surface area contributed by atoms with Gasteiger partial charge in [0.25, 0.3) is 0 Å². The molecule has 1 amide bonds. The molecule has 1 N–H and O–H groups in total. The maximum atomic E-state index is 12.9. The second-order valence-electron chi connectivity index (χ2n) is 5.44. The summed E-state index contributed by atoms with van der Waals surface area (Å²) in [6.07, 6.45) is -3.63. The van der Waals surface area contributed by atoms with Gasteiger partial charge in [-0.1, -0.05) is 18.2 Å². The number of fused-ring (bicyclic) bond motifs is 1. The molecule has 0 unspecified atom stereocenters. The number of halogens is 3. The van der Waals surface area contributed by atoms with Crippen molar-refractivity contribution in [1.82, 2.24) is 0 Å². The molecule has 3 rings (SSSR count). The van der Waals surface area contributed by atoms with Crippen LogP contribution >= 0.6 is 0 Å². The third-order valence-corrected chi connectivity index (χ3v) is 3.81. The molecule has 23 heavy (non-hydrogen) atoms. The monoisotopic (exact) mass is 320 g/mol. The van der Waals surface area contributed by atoms with E-state index < -0.39 is 17.6 Å². The number of para-hydroxylation sites is 1. The van der Waals surface area contributed by atoms with Crippen molar-refractivity contribution in [2.45, 2.75) is 19.5 Å². The first-order chi connectivity index (χ1) is 10.9. The number of amides is 1. The lowest BCUT2D eigenvalue weighted by Crippen LogP contribution is -2.18. The van der Waals surface area contributed by atoms with Crippen LogP contribution in [-0.4, -0.2) is 12.5 Å². The van der Waals surface area contributed by atoms with Gasteiger partial charge in [-0.3, -0.25) is 4.79 Å². The Morgan fingerprint density at radius 2 is 1.87 bits per heavy atom. The minimum atomic E-state index is -4.45. The first-order valence-electron chi connectivity index (χ1n) is 7.20. The standard InChI is InChI=1S/C17H15F3N2O/c1-11(23)21-14-10-13(17(18,19)20)6-7-16(14)22-9-8-12-4-2-3-5-15(12)22/h2-7,10H,8-9H2,1H3,(H,21,23). The predicted molar refractivity (Wildman–Crippen MR) is 82.9 cm³/mol. The molecular weight excluding hydrogens is 305 g/mol. The van der Waals surface area contributed by atoms with E-state index in [4.69, 9.17) is 0 Å². The van der Waals surface area contributed by atoms with Crippen molar-refractivity contribution in [3.05, 3.63) is 53.6 Å². The summed E-state index contributed by atoms with van der Waals surface area (Å²) in [6.45, 7) is 1.94. The van der Waals surface area contributed by atoms with Gasteiger partial charge in [0.05, 0.1) is 16.9 Å². The van der Waals surface area contributed by atoms with E-state index in [-0.39, 0.29) is 5.69 Å². The zero-order valence-electron chi connectivity index (χ0n) is 12.4. The zero-order chi connectivity index (χ0) is 16.6. The molecule has 0 radical (unpaired) electrons. The van der Waals surface area contributed by atoms with Crippen molar-refractivity contribution in [2.75, 3.05) is 16.8 Å². The highest BCUT2D eigenvalue weighted by Gasteiger charge is 2.32. The van der Waals surface area contributed by atoms with Crippen LogP contribution < -0.4 is 10.2 Å². The maximum absolute atomic E-state index is 12.9. The van der Waals surface area contributed by atoms with Crippen LogP contribution in [0, 0.1) is 0 Å². The van der Waals surface area contributed by atoms with E-state index in [1.165, 1.54) is 13.0 Å². The lowest BCUT2D eigenvalue weighted by atomic mass is 10.1. The second-order valence-corrected chi connectivity index (χ2v) is 5.44. The summed E-state index contributed by atoms with van der Waals surface area (Å²) < 4.78 is 38.8. The molecule has 3 nitrogen and oxygen atoms in total. The van der Waals surface area contributed by atoms with Crippen molar-refractivity contribution >= 4 is 23.0 Å². The van der Waals surface area contributed by atoms with Crippen LogP contribution in [0.1, 0.15) is 18.1 Å². The van der Waals surface area contributed by atoms with E-state index in [1.807, 2.05) is 29.2 Å². The number of benzene rings is 2. The fourth-order valence-corrected chi connectivity index (χ4v) is 2.83. The molecule has 0 saturated heterocycles. The van der Waals surface area contributed by atoms with Gasteiger partial charge in [-0.25, -0.2) is 0 Å². The number of carbonyl (C=O) groups excluding carboxylic acids is 1. The zero-order valence-corrected chi connectivity index (χ0v) is 12.4. The van der Waals surface area contributed by atoms with Crippen molar-refractivity contribution in [3.63, 3.8) is 0 Å². The number of anilines is 3. The predicted octanol–water partition coefficient (Wildman–Crippen LogP) is 4.36. The molecule has 2 aromatic rings. The average molecular weight is 320 g/mol. The molecule has 1 aliphatic heterocycles. The smallest absolute Gasteiger partial charge is 0.339 e. The molecule has 6 heteroatoms. The average Bonchev–Trinajstić information content (AvgIpc) is 2.89. The Labute approximate surface area is 131 Å². The molecule has 2 aromatic carbocycles. The molecule has 0 aliphatic carbocycles. The summed E-state index contributed by atoms with van der Waals surface area (Å²) in [5.74, 6) is -0.405. The van der Waals surface area contributed by atoms with E-state index in [0.29, 0.717) is 12.2 Å². The van der Waals surface area contributed by atoms with E-state index in [2.05, 4.69) is 5.32 Å². The highest BCUT2D eigenvalue weighted by molar-refractivity contribution is 5.94. The van der Waals surface area contributed by atoms with Crippen molar-refractivity contribution in [2.24, 2.45) is 0 Å². The van der Waals surface area contributed by atoms with Gasteiger partial charge in [0.15, 0.2) is 0 Å². The Morgan fingerprint density at radius 1 is 1.13 bits per heavy atom. The highest BCUT2D eigenvalue weighted by Crippen LogP contribution is 2.41. The molecule has 0 bridgehead atoms. The normalized spacial score (nSPS) is 13.8. The first-order valence-corrected chi connectivity index (χ1v) is 7.20. The van der Waals surface area contributed by atoms with Gasteiger partial charge in [-0.15, -0.1) is 0 Å². The Hall–Kier alpha value is -2.50. The van der Waals surface area contributed by atoms with Gasteiger partial charge in [0.2, 0.25) is 5.91 Å². The number of hydrogen-bond acceptors (Lipinski definition) is 2. The van der Waals surface area contributed by atoms with Crippen LogP contribution in [0.5, 0.6) is 0 Å². The molecule has 0 atom stereocenters. The number of nitrogens with one attached hydrogen (secondary N) is 1. The quantitative estimate of drug-likeness (QED) is 0.892. The van der Waals surface area contributed by atoms with Gasteiger partial charge in [0, 0.05) is 19.2 Å². The summed E-state index contributed by atoms with van der Waals surface area (Å²) in [4.78, 5) is 13.3. The van der Waals surface area contributed by atoms with E-state index in [1.54, 1.807) is 0 Å². The molecule has 1 heterocycles. The molecule has 0 fully saturated rings. The number of nitrogens with zero attached hydrogens (tertiary/aromatic N) is 1. The third kappa shape index (κ3) is 3.02. The molecule has 0 aromatic heterocycles. The second kappa shape index (κ2) is 5.61. The van der Waals surface area contributed by atoms with E-state index in [0.717, 1.165) is 29.8 Å². The van der Waals surface area contributed by atoms with Crippen LogP contribution in [0.15, 0.2) is 42.5 Å². The van der Waals surface area contributed by atoms with Crippen LogP contribution in [0.25, 0.3) is 0 Å². The minimum Gasteiger partial charge on any atom is -0.339 e. The molecule has 0 spiro atoms. The minimum absolute atomic E-state index is 0.170. The summed E-state index contributed by atoms with van der Waals surface area (Å²) in [6, 6.07) is 11.2. The Bertz CT molecular complexity index is 756. The molecule has 1 aliphatic rings. The van der Waals surface area contributed by atoms with Crippen molar-refractivity contribution < 1.29 is 18.0 Å². The number of alkyl halides is 3. The molecule has 0 saturated carbocycles. The van der Waals surface area contributed by atoms with E-state index >= 15 is 0 Å². The fraction of sp³-hybridized carbons (Fsp3) is 0.235. The summed E-state index contributed by atoms with van der Waals surface area (Å²) >= 11 is 0. The Balaban J connectivity index is 2.07. The largest absolute Gasteiger partial charge is 0.416 e. The first kappa shape index (κ1) is 15.4. The lowest BCUT2D eigenvalue weighted by molar-refractivity contribution is -0.137. The molecular formula is C17H15F3N2O. The SMILES string of the molecule is CC(=O)Nc1cc(C(F)(F)F)ccc1N1CCc2ccccc21. The summed E-state index contributed by atoms with van der Waals surface area (Å²) in [5, 5.41) is 2.51. The number of hydrogen-bond donors (Lipinski definition) is 1. The van der Waals surface area contributed by atoms with E-state index in [9.17, 15) is 18.0 Å². The van der Waals surface area contributed by atoms with Gasteiger partial charge in [0.1, 0.15) is 0 Å². The van der Waals surface area contributed by atoms with Crippen molar-refractivity contribution in [1.29, 1.82) is 0 Å². The van der Waals surface area contributed by atoms with Crippen LogP contribution in [0.3, 0.4) is 0 Å². The van der Waals surface area contributed by atoms with Crippen LogP contribution in [-0.2, 0) is 17.4 Å². The van der Waals surface area contributed by atoms with Gasteiger partial charge >= 0.3 is 6.18 Å². The molecule has 120 valence electrons. The lowest BCUT2D eigenvalue weighted by Gasteiger charge is -2.24. The highest BCUT2D eigenvalue weighted by atomic mass is 19.4. The Kier molecular flexibility index (Phi) is 3.75. The van der Waals surface area contributed by atoms with Crippen LogP contribution in [0.2, 0.25) is 0 Å². The summed E-state index contributed by atoms with van der Waals surface area (Å²) in [7, 11) is 0. The number of rotatable bonds is 2. The maximum Gasteiger partial charge on any atom is 0.416 e. The third-order valence-electron chi connectivity index (χ3n) is 3.81. The van der Waals surface area contributed by atoms with Gasteiger partial charge in [-0.05, 0) is 36.2 Å². The topological polar surface area (TPSA) is 32.3 Å². The van der Waals surface area contributed by atoms with Gasteiger partial charge in [-0.2, -0.15) is 13.2 Å². The van der Waals surface area contributed by atoms with Crippen LogP contribution in [0.4, 0.5) is 30.2 Å². The van der Waals surface area contributed by atoms with Crippen molar-refractivity contribution in [3.8, 4) is 0 Å².